The number of hydrogen-bond acceptors (Lipinski definition) is 2. The third kappa shape index (κ3) is 2.26. The molecule has 0 amide bonds. The maximum Gasteiger partial charge on any atom is 0.329 e. The number of carbonyl (C=O) groups is 1. The summed E-state index contributed by atoms with van der Waals surface area (Å²) in [5, 5.41) is 12.5. The molecule has 88 valence electrons. The smallest absolute Gasteiger partial charge is 0.329 e. The summed E-state index contributed by atoms with van der Waals surface area (Å²) in [6, 6.07) is 7.29. The average Bonchev–Trinajstić information content (AvgIpc) is 2.80. The van der Waals surface area contributed by atoms with Crippen molar-refractivity contribution >= 4 is 11.7 Å². The molecule has 0 aliphatic heterocycles. The Bertz CT molecular complexity index is 450. The molecule has 0 aromatic heterocycles. The molecule has 1 saturated carbocycles. The number of anilines is 1. The van der Waals surface area contributed by atoms with Crippen LogP contribution in [0.25, 0.3) is 0 Å². The van der Waals surface area contributed by atoms with E-state index in [9.17, 15) is 9.90 Å². The lowest BCUT2D eigenvalue weighted by Gasteiger charge is -2.26. The molecule has 0 atom stereocenters. The number of carboxylic acids is 1. The first-order chi connectivity index (χ1) is 8.16. The van der Waals surface area contributed by atoms with Gasteiger partial charge in [0.15, 0.2) is 0 Å². The molecule has 0 bridgehead atoms. The second kappa shape index (κ2) is 4.50. The monoisotopic (exact) mass is 229 g/mol. The van der Waals surface area contributed by atoms with Gasteiger partial charge in [0.25, 0.3) is 0 Å². The number of terminal acetylenes is 1. The first kappa shape index (κ1) is 11.5. The van der Waals surface area contributed by atoms with Crippen LogP contribution in [0.15, 0.2) is 24.3 Å². The van der Waals surface area contributed by atoms with Crippen LogP contribution < -0.4 is 5.32 Å². The molecule has 2 N–H and O–H groups in total. The topological polar surface area (TPSA) is 49.3 Å². The predicted molar refractivity (Wildman–Crippen MR) is 66.8 cm³/mol. The summed E-state index contributed by atoms with van der Waals surface area (Å²) < 4.78 is 0. The van der Waals surface area contributed by atoms with E-state index in [4.69, 9.17) is 6.42 Å². The molecule has 1 aliphatic carbocycles. The van der Waals surface area contributed by atoms with Crippen molar-refractivity contribution in [2.45, 2.75) is 31.2 Å². The second-order valence-corrected chi connectivity index (χ2v) is 4.44. The molecule has 1 aliphatic rings. The highest BCUT2D eigenvalue weighted by Crippen LogP contribution is 2.33. The van der Waals surface area contributed by atoms with Crippen LogP contribution in [0.5, 0.6) is 0 Å². The van der Waals surface area contributed by atoms with Gasteiger partial charge in [0.05, 0.1) is 0 Å². The summed E-state index contributed by atoms with van der Waals surface area (Å²) in [5.41, 5.74) is 0.817. The molecule has 2 rings (SSSR count). The summed E-state index contributed by atoms with van der Waals surface area (Å²) in [5.74, 6) is 1.77. The zero-order valence-corrected chi connectivity index (χ0v) is 9.57. The van der Waals surface area contributed by atoms with Crippen LogP contribution in [0.3, 0.4) is 0 Å². The molecule has 0 radical (unpaired) electrons. The number of carboxylic acid groups (broad SMARTS) is 1. The Labute approximate surface area is 101 Å². The van der Waals surface area contributed by atoms with Gasteiger partial charge in [-0.05, 0) is 37.1 Å². The SMILES string of the molecule is C#Cc1ccc(NC2(C(=O)O)CCCC2)cc1. The van der Waals surface area contributed by atoms with Gasteiger partial charge in [-0.15, -0.1) is 6.42 Å². The van der Waals surface area contributed by atoms with Crippen LogP contribution in [0.1, 0.15) is 31.2 Å². The van der Waals surface area contributed by atoms with Gasteiger partial charge < -0.3 is 10.4 Å². The fourth-order valence-electron chi connectivity index (χ4n) is 2.30. The van der Waals surface area contributed by atoms with Crippen molar-refractivity contribution in [3.8, 4) is 12.3 Å². The van der Waals surface area contributed by atoms with Crippen molar-refractivity contribution in [3.63, 3.8) is 0 Å². The van der Waals surface area contributed by atoms with Gasteiger partial charge in [0.1, 0.15) is 5.54 Å². The van der Waals surface area contributed by atoms with Gasteiger partial charge in [-0.1, -0.05) is 18.8 Å². The zero-order valence-electron chi connectivity index (χ0n) is 9.57. The van der Waals surface area contributed by atoms with Crippen LogP contribution in [0, 0.1) is 12.3 Å². The summed E-state index contributed by atoms with van der Waals surface area (Å²) in [4.78, 5) is 11.4. The van der Waals surface area contributed by atoms with Crippen molar-refractivity contribution in [1.29, 1.82) is 0 Å². The van der Waals surface area contributed by atoms with Crippen LogP contribution in [0.4, 0.5) is 5.69 Å². The lowest BCUT2D eigenvalue weighted by atomic mass is 9.97. The number of hydrogen-bond donors (Lipinski definition) is 2. The molecule has 0 saturated heterocycles. The number of benzene rings is 1. The third-order valence-corrected chi connectivity index (χ3v) is 3.30. The van der Waals surface area contributed by atoms with Crippen molar-refractivity contribution in [1.82, 2.24) is 0 Å². The quantitative estimate of drug-likeness (QED) is 0.783. The minimum atomic E-state index is -0.794. The van der Waals surface area contributed by atoms with E-state index in [-0.39, 0.29) is 0 Å². The molecule has 0 unspecified atom stereocenters. The Morgan fingerprint density at radius 2 is 1.88 bits per heavy atom. The van der Waals surface area contributed by atoms with Gasteiger partial charge in [0, 0.05) is 11.3 Å². The molecule has 17 heavy (non-hydrogen) atoms. The Kier molecular flexibility index (Phi) is 3.06. The van der Waals surface area contributed by atoms with Gasteiger partial charge in [-0.2, -0.15) is 0 Å². The van der Waals surface area contributed by atoms with E-state index in [1.54, 1.807) is 0 Å². The van der Waals surface area contributed by atoms with Crippen LogP contribution in [0.2, 0.25) is 0 Å². The maximum atomic E-state index is 11.4. The molecule has 0 spiro atoms. The molecule has 1 aromatic rings. The molecule has 3 nitrogen and oxygen atoms in total. The lowest BCUT2D eigenvalue weighted by Crippen LogP contribution is -2.43. The molecule has 3 heteroatoms. The van der Waals surface area contributed by atoms with Crippen molar-refractivity contribution in [2.75, 3.05) is 5.32 Å². The number of nitrogens with one attached hydrogen (secondary N) is 1. The van der Waals surface area contributed by atoms with Crippen molar-refractivity contribution < 1.29 is 9.90 Å². The average molecular weight is 229 g/mol. The minimum Gasteiger partial charge on any atom is -0.480 e. The second-order valence-electron chi connectivity index (χ2n) is 4.44. The van der Waals surface area contributed by atoms with Gasteiger partial charge in [-0.3, -0.25) is 0 Å². The molecular weight excluding hydrogens is 214 g/mol. The summed E-state index contributed by atoms with van der Waals surface area (Å²) in [6.07, 6.45) is 8.55. The van der Waals surface area contributed by atoms with Gasteiger partial charge >= 0.3 is 5.97 Å². The van der Waals surface area contributed by atoms with Crippen LogP contribution >= 0.6 is 0 Å². The Morgan fingerprint density at radius 3 is 2.35 bits per heavy atom. The Hall–Kier alpha value is -1.95. The van der Waals surface area contributed by atoms with Crippen LogP contribution in [-0.4, -0.2) is 16.6 Å². The predicted octanol–water partition coefficient (Wildman–Crippen LogP) is 2.48. The Balaban J connectivity index is 2.18. The standard InChI is InChI=1S/C14H15NO2/c1-2-11-5-7-12(8-6-11)15-14(13(16)17)9-3-4-10-14/h1,5-8,15H,3-4,9-10H2,(H,16,17). The third-order valence-electron chi connectivity index (χ3n) is 3.30. The summed E-state index contributed by atoms with van der Waals surface area (Å²) >= 11 is 0. The van der Waals surface area contributed by atoms with Crippen LogP contribution in [-0.2, 0) is 4.79 Å². The highest BCUT2D eigenvalue weighted by atomic mass is 16.4. The van der Waals surface area contributed by atoms with E-state index < -0.39 is 11.5 Å². The van der Waals surface area contributed by atoms with E-state index in [0.717, 1.165) is 24.1 Å². The molecular formula is C14H15NO2. The van der Waals surface area contributed by atoms with Crippen molar-refractivity contribution in [3.05, 3.63) is 29.8 Å². The number of aliphatic carboxylic acids is 1. The minimum absolute atomic E-state index is 0.680. The summed E-state index contributed by atoms with van der Waals surface area (Å²) in [6.45, 7) is 0. The Morgan fingerprint density at radius 1 is 1.29 bits per heavy atom. The fraction of sp³-hybridized carbons (Fsp3) is 0.357. The van der Waals surface area contributed by atoms with Crippen molar-refractivity contribution in [2.24, 2.45) is 0 Å². The normalized spacial score (nSPS) is 17.4. The lowest BCUT2D eigenvalue weighted by molar-refractivity contribution is -0.142. The van der Waals surface area contributed by atoms with E-state index in [1.807, 2.05) is 24.3 Å². The fourth-order valence-corrected chi connectivity index (χ4v) is 2.30. The first-order valence-corrected chi connectivity index (χ1v) is 5.74. The molecule has 1 fully saturated rings. The van der Waals surface area contributed by atoms with E-state index >= 15 is 0 Å². The van der Waals surface area contributed by atoms with Gasteiger partial charge in [-0.25, -0.2) is 4.79 Å². The number of rotatable bonds is 3. The van der Waals surface area contributed by atoms with E-state index in [1.165, 1.54) is 0 Å². The van der Waals surface area contributed by atoms with Gasteiger partial charge in [0.2, 0.25) is 0 Å². The summed E-state index contributed by atoms with van der Waals surface area (Å²) in [7, 11) is 0. The van der Waals surface area contributed by atoms with E-state index in [0.29, 0.717) is 12.8 Å². The first-order valence-electron chi connectivity index (χ1n) is 5.74. The highest BCUT2D eigenvalue weighted by Gasteiger charge is 2.41. The molecule has 1 aromatic carbocycles. The largest absolute Gasteiger partial charge is 0.480 e. The van der Waals surface area contributed by atoms with E-state index in [2.05, 4.69) is 11.2 Å². The zero-order chi connectivity index (χ0) is 12.3. The molecule has 0 heterocycles. The highest BCUT2D eigenvalue weighted by molar-refractivity contribution is 5.83. The maximum absolute atomic E-state index is 11.4.